The molecule has 5 heteroatoms. The van der Waals surface area contributed by atoms with Gasteiger partial charge in [-0.15, -0.1) is 0 Å². The molecule has 1 aromatic carbocycles. The Morgan fingerprint density at radius 2 is 1.30 bits per heavy atom. The molecule has 0 aliphatic heterocycles. The van der Waals surface area contributed by atoms with Crippen molar-refractivity contribution in [2.75, 3.05) is 6.61 Å². The van der Waals surface area contributed by atoms with Gasteiger partial charge in [-0.05, 0) is 49.1 Å². The minimum atomic E-state index is -1.46. The van der Waals surface area contributed by atoms with Crippen molar-refractivity contribution in [1.29, 1.82) is 0 Å². The molecule has 0 bridgehead atoms. The van der Waals surface area contributed by atoms with Crippen LogP contribution < -0.4 is 4.74 Å². The number of benzene rings is 1. The molecular formula is C28H42F2N2O. The van der Waals surface area contributed by atoms with Gasteiger partial charge in [0.1, 0.15) is 18.1 Å². The van der Waals surface area contributed by atoms with Gasteiger partial charge >= 0.3 is 0 Å². The number of halogens is 2. The number of alkyl halides is 2. The van der Waals surface area contributed by atoms with Crippen LogP contribution in [0.1, 0.15) is 96.5 Å². The molecule has 0 aliphatic rings. The monoisotopic (exact) mass is 460 g/mol. The summed E-state index contributed by atoms with van der Waals surface area (Å²) in [4.78, 5) is 9.02. The van der Waals surface area contributed by atoms with E-state index in [0.717, 1.165) is 31.2 Å². The lowest BCUT2D eigenvalue weighted by atomic mass is 10.1. The summed E-state index contributed by atoms with van der Waals surface area (Å²) in [5, 5.41) is 0. The highest BCUT2D eigenvalue weighted by Gasteiger charge is 2.19. The van der Waals surface area contributed by atoms with Gasteiger partial charge in [0.05, 0.1) is 6.61 Å². The minimum absolute atomic E-state index is 0.0678. The van der Waals surface area contributed by atoms with Crippen LogP contribution in [0.5, 0.6) is 5.75 Å². The molecule has 0 saturated heterocycles. The van der Waals surface area contributed by atoms with Crippen LogP contribution >= 0.6 is 0 Å². The molecule has 0 saturated carbocycles. The van der Waals surface area contributed by atoms with Crippen LogP contribution in [0, 0.1) is 0 Å². The van der Waals surface area contributed by atoms with Crippen molar-refractivity contribution in [2.24, 2.45) is 0 Å². The zero-order valence-electron chi connectivity index (χ0n) is 20.6. The number of aromatic nitrogens is 2. The fourth-order valence-electron chi connectivity index (χ4n) is 3.86. The van der Waals surface area contributed by atoms with E-state index in [1.54, 1.807) is 0 Å². The van der Waals surface area contributed by atoms with Gasteiger partial charge in [0.25, 0.3) is 0 Å². The first-order valence-electron chi connectivity index (χ1n) is 13.0. The van der Waals surface area contributed by atoms with Crippen molar-refractivity contribution in [2.45, 2.75) is 110 Å². The highest BCUT2D eigenvalue weighted by Crippen LogP contribution is 2.21. The van der Waals surface area contributed by atoms with Crippen molar-refractivity contribution in [1.82, 2.24) is 9.97 Å². The Balaban J connectivity index is 1.69. The van der Waals surface area contributed by atoms with E-state index in [1.165, 1.54) is 50.5 Å². The molecule has 33 heavy (non-hydrogen) atoms. The van der Waals surface area contributed by atoms with Crippen molar-refractivity contribution in [3.05, 3.63) is 42.2 Å². The van der Waals surface area contributed by atoms with Gasteiger partial charge in [-0.3, -0.25) is 0 Å². The predicted molar refractivity (Wildman–Crippen MR) is 133 cm³/mol. The molecule has 3 nitrogen and oxygen atoms in total. The molecule has 0 aliphatic carbocycles. The van der Waals surface area contributed by atoms with Crippen LogP contribution in [-0.2, 0) is 6.42 Å². The van der Waals surface area contributed by atoms with Crippen LogP contribution in [-0.4, -0.2) is 28.9 Å². The van der Waals surface area contributed by atoms with Gasteiger partial charge in [-0.2, -0.15) is 0 Å². The Morgan fingerprint density at radius 3 is 1.97 bits per heavy atom. The maximum Gasteiger partial charge on any atom is 0.159 e. The van der Waals surface area contributed by atoms with E-state index in [2.05, 4.69) is 23.8 Å². The Kier molecular flexibility index (Phi) is 13.6. The number of nitrogens with zero attached hydrogens (tertiary/aromatic N) is 2. The van der Waals surface area contributed by atoms with Gasteiger partial charge in [-0.25, -0.2) is 18.7 Å². The summed E-state index contributed by atoms with van der Waals surface area (Å²) in [5.41, 5.74) is 2.09. The van der Waals surface area contributed by atoms with E-state index >= 15 is 0 Å². The second-order valence-corrected chi connectivity index (χ2v) is 8.98. The zero-order chi connectivity index (χ0) is 23.7. The summed E-state index contributed by atoms with van der Waals surface area (Å²) in [5.74, 6) is 1.32. The number of ether oxygens (including phenoxy) is 1. The zero-order valence-corrected chi connectivity index (χ0v) is 20.6. The van der Waals surface area contributed by atoms with E-state index in [1.807, 2.05) is 36.7 Å². The van der Waals surface area contributed by atoms with Gasteiger partial charge in [0, 0.05) is 24.4 Å². The minimum Gasteiger partial charge on any atom is -0.493 e. The van der Waals surface area contributed by atoms with Crippen LogP contribution in [0.4, 0.5) is 8.78 Å². The van der Waals surface area contributed by atoms with Crippen LogP contribution in [0.25, 0.3) is 11.4 Å². The first-order valence-corrected chi connectivity index (χ1v) is 13.0. The molecule has 0 fully saturated rings. The normalized spacial score (nSPS) is 13.1. The number of hydrogen-bond acceptors (Lipinski definition) is 3. The number of unbranched alkanes of at least 4 members (excludes halogenated alkanes) is 8. The van der Waals surface area contributed by atoms with Crippen molar-refractivity contribution < 1.29 is 13.5 Å². The maximum absolute atomic E-state index is 13.9. The number of aryl methyl sites for hydroxylation is 1. The maximum atomic E-state index is 13.9. The Labute approximate surface area is 199 Å². The molecule has 0 N–H and O–H groups in total. The van der Waals surface area contributed by atoms with Crippen molar-refractivity contribution in [3.63, 3.8) is 0 Å². The smallest absolute Gasteiger partial charge is 0.159 e. The Bertz CT molecular complexity index is 737. The predicted octanol–water partition coefficient (Wildman–Crippen LogP) is 8.46. The lowest BCUT2D eigenvalue weighted by Gasteiger charge is -2.14. The summed E-state index contributed by atoms with van der Waals surface area (Å²) in [6.45, 7) is 4.46. The topological polar surface area (TPSA) is 35.0 Å². The van der Waals surface area contributed by atoms with Gasteiger partial charge in [0.15, 0.2) is 5.82 Å². The molecule has 2 aromatic rings. The molecule has 0 radical (unpaired) electrons. The standard InChI is InChI=1S/C28H42F2N2O/c1-3-5-7-8-9-10-12-13-23-21-31-28(32-22-23)24-15-17-25(18-16-24)33-20-19-27(30)26(29)14-11-6-4-2/h15-18,21-22,26-27H,3-14,19-20H2,1-2H3. The molecule has 0 spiro atoms. The first kappa shape index (κ1) is 27.2. The van der Waals surface area contributed by atoms with Gasteiger partial charge in [-0.1, -0.05) is 71.6 Å². The second kappa shape index (κ2) is 16.6. The fraction of sp³-hybridized carbons (Fsp3) is 0.643. The van der Waals surface area contributed by atoms with Crippen LogP contribution in [0.15, 0.2) is 36.7 Å². The van der Waals surface area contributed by atoms with Gasteiger partial charge < -0.3 is 4.74 Å². The lowest BCUT2D eigenvalue weighted by Crippen LogP contribution is -2.20. The largest absolute Gasteiger partial charge is 0.493 e. The summed E-state index contributed by atoms with van der Waals surface area (Å²) < 4.78 is 33.3. The van der Waals surface area contributed by atoms with E-state index in [9.17, 15) is 8.78 Å². The molecular weight excluding hydrogens is 418 g/mol. The first-order chi connectivity index (χ1) is 16.1. The lowest BCUT2D eigenvalue weighted by molar-refractivity contribution is 0.128. The average Bonchev–Trinajstić information content (AvgIpc) is 2.84. The summed E-state index contributed by atoms with van der Waals surface area (Å²) in [6, 6.07) is 7.45. The van der Waals surface area contributed by atoms with E-state index < -0.39 is 12.3 Å². The van der Waals surface area contributed by atoms with E-state index in [4.69, 9.17) is 4.74 Å². The second-order valence-electron chi connectivity index (χ2n) is 8.98. The third kappa shape index (κ3) is 11.1. The molecule has 184 valence electrons. The quantitative estimate of drug-likeness (QED) is 0.209. The molecule has 1 aromatic heterocycles. The molecule has 1 heterocycles. The Hall–Kier alpha value is -2.04. The number of hydrogen-bond donors (Lipinski definition) is 0. The summed E-state index contributed by atoms with van der Waals surface area (Å²) in [7, 11) is 0. The molecule has 2 rings (SSSR count). The fourth-order valence-corrected chi connectivity index (χ4v) is 3.86. The third-order valence-corrected chi connectivity index (χ3v) is 6.03. The summed E-state index contributed by atoms with van der Waals surface area (Å²) >= 11 is 0. The van der Waals surface area contributed by atoms with Crippen molar-refractivity contribution in [3.8, 4) is 17.1 Å². The van der Waals surface area contributed by atoms with Crippen molar-refractivity contribution >= 4 is 0 Å². The van der Waals surface area contributed by atoms with Crippen LogP contribution in [0.3, 0.4) is 0 Å². The highest BCUT2D eigenvalue weighted by molar-refractivity contribution is 5.55. The van der Waals surface area contributed by atoms with E-state index in [-0.39, 0.29) is 13.0 Å². The SMILES string of the molecule is CCCCCCCCCc1cnc(-c2ccc(OCCC(F)C(F)CCCCC)cc2)nc1. The highest BCUT2D eigenvalue weighted by atomic mass is 19.2. The molecule has 2 unspecified atom stereocenters. The molecule has 2 atom stereocenters. The summed E-state index contributed by atoms with van der Waals surface area (Å²) in [6.07, 6.45) is 14.1. The van der Waals surface area contributed by atoms with E-state index in [0.29, 0.717) is 18.0 Å². The third-order valence-electron chi connectivity index (χ3n) is 6.03. The number of rotatable bonds is 18. The van der Waals surface area contributed by atoms with Gasteiger partial charge in [0.2, 0.25) is 0 Å². The van der Waals surface area contributed by atoms with Crippen LogP contribution in [0.2, 0.25) is 0 Å². The average molecular weight is 461 g/mol. The Morgan fingerprint density at radius 1 is 0.727 bits per heavy atom. The molecule has 0 amide bonds.